The summed E-state index contributed by atoms with van der Waals surface area (Å²) >= 11 is 0. The van der Waals surface area contributed by atoms with Crippen LogP contribution in [0.3, 0.4) is 0 Å². The molecule has 0 spiro atoms. The summed E-state index contributed by atoms with van der Waals surface area (Å²) in [6, 6.07) is 7.71. The van der Waals surface area contributed by atoms with Crippen LogP contribution in [0.5, 0.6) is 0 Å². The zero-order chi connectivity index (χ0) is 12.6. The molecular weight excluding hydrogens is 226 g/mol. The first kappa shape index (κ1) is 11.2. The van der Waals surface area contributed by atoms with Crippen LogP contribution >= 0.6 is 0 Å². The van der Waals surface area contributed by atoms with Gasteiger partial charge in [0.2, 0.25) is 0 Å². The van der Waals surface area contributed by atoms with Crippen LogP contribution in [0.2, 0.25) is 0 Å². The lowest BCUT2D eigenvalue weighted by Crippen LogP contribution is -2.13. The fourth-order valence-electron chi connectivity index (χ4n) is 2.32. The number of benzene rings is 1. The van der Waals surface area contributed by atoms with Crippen LogP contribution in [0, 0.1) is 5.41 Å². The van der Waals surface area contributed by atoms with Gasteiger partial charge < -0.3 is 5.73 Å². The first-order valence-corrected chi connectivity index (χ1v) is 6.35. The number of para-hydroxylation sites is 1. The predicted molar refractivity (Wildman–Crippen MR) is 69.6 cm³/mol. The van der Waals surface area contributed by atoms with Crippen molar-refractivity contribution in [3.8, 4) is 11.4 Å². The molecule has 2 N–H and O–H groups in total. The largest absolute Gasteiger partial charge is 0.398 e. The van der Waals surface area contributed by atoms with Crippen LogP contribution in [0.25, 0.3) is 11.4 Å². The van der Waals surface area contributed by atoms with E-state index in [2.05, 4.69) is 22.4 Å². The monoisotopic (exact) mass is 243 g/mol. The van der Waals surface area contributed by atoms with Crippen LogP contribution in [0.15, 0.2) is 24.3 Å². The van der Waals surface area contributed by atoms with E-state index in [0.717, 1.165) is 23.6 Å². The van der Waals surface area contributed by atoms with Gasteiger partial charge in [-0.1, -0.05) is 19.1 Å². The number of hydrogen-bond acceptors (Lipinski definition) is 4. The third kappa shape index (κ3) is 1.85. The van der Waals surface area contributed by atoms with Crippen molar-refractivity contribution in [2.45, 2.75) is 32.7 Å². The molecule has 1 aromatic carbocycles. The maximum Gasteiger partial charge on any atom is 0.184 e. The van der Waals surface area contributed by atoms with E-state index in [1.165, 1.54) is 19.3 Å². The van der Waals surface area contributed by atoms with Crippen molar-refractivity contribution in [2.24, 2.45) is 5.41 Å². The van der Waals surface area contributed by atoms with E-state index in [0.29, 0.717) is 5.41 Å². The molecule has 0 amide bonds. The van der Waals surface area contributed by atoms with Crippen molar-refractivity contribution in [2.75, 3.05) is 5.73 Å². The van der Waals surface area contributed by atoms with Crippen LogP contribution in [0.4, 0.5) is 5.69 Å². The van der Waals surface area contributed by atoms with Crippen molar-refractivity contribution in [1.82, 2.24) is 20.2 Å². The van der Waals surface area contributed by atoms with E-state index in [1.807, 2.05) is 28.9 Å². The van der Waals surface area contributed by atoms with Crippen molar-refractivity contribution in [3.05, 3.63) is 24.3 Å². The van der Waals surface area contributed by atoms with Gasteiger partial charge in [0.25, 0.3) is 0 Å². The van der Waals surface area contributed by atoms with Crippen molar-refractivity contribution < 1.29 is 0 Å². The van der Waals surface area contributed by atoms with Gasteiger partial charge in [0, 0.05) is 11.3 Å². The molecule has 1 heterocycles. The van der Waals surface area contributed by atoms with Crippen molar-refractivity contribution >= 4 is 5.69 Å². The highest BCUT2D eigenvalue weighted by atomic mass is 15.5. The molecule has 0 unspecified atom stereocenters. The minimum absolute atomic E-state index is 0.410. The summed E-state index contributed by atoms with van der Waals surface area (Å²) in [5, 5.41) is 12.0. The predicted octanol–water partition coefficient (Wildman–Crippen LogP) is 2.11. The number of anilines is 1. The maximum atomic E-state index is 5.98. The molecule has 1 aliphatic carbocycles. The first-order valence-electron chi connectivity index (χ1n) is 6.35. The van der Waals surface area contributed by atoms with Gasteiger partial charge in [-0.15, -0.1) is 5.10 Å². The average Bonchev–Trinajstić information content (AvgIpc) is 3.01. The highest BCUT2D eigenvalue weighted by Crippen LogP contribution is 2.50. The zero-order valence-corrected chi connectivity index (χ0v) is 10.5. The Bertz CT molecular complexity index is 556. The van der Waals surface area contributed by atoms with Gasteiger partial charge in [-0.3, -0.25) is 0 Å². The summed E-state index contributed by atoms with van der Waals surface area (Å²) in [5.41, 5.74) is 8.02. The molecule has 1 aliphatic rings. The number of hydrogen-bond donors (Lipinski definition) is 1. The van der Waals surface area contributed by atoms with Crippen LogP contribution in [-0.4, -0.2) is 20.2 Å². The third-order valence-corrected chi connectivity index (χ3v) is 3.93. The summed E-state index contributed by atoms with van der Waals surface area (Å²) in [6.07, 6.45) is 3.72. The molecule has 0 bridgehead atoms. The number of nitrogen functional groups attached to an aromatic ring is 1. The Morgan fingerprint density at radius 1 is 1.33 bits per heavy atom. The summed E-state index contributed by atoms with van der Waals surface area (Å²) < 4.78 is 1.89. The van der Waals surface area contributed by atoms with Crippen LogP contribution < -0.4 is 5.73 Å². The Morgan fingerprint density at radius 3 is 2.78 bits per heavy atom. The molecule has 0 radical (unpaired) electrons. The number of nitrogens with zero attached hydrogens (tertiary/aromatic N) is 4. The molecule has 2 aromatic rings. The summed E-state index contributed by atoms with van der Waals surface area (Å²) in [5.74, 6) is 0.771. The van der Waals surface area contributed by atoms with Gasteiger partial charge in [-0.05, 0) is 47.2 Å². The Labute approximate surface area is 106 Å². The molecular formula is C13H17N5. The molecule has 1 aromatic heterocycles. The molecule has 18 heavy (non-hydrogen) atoms. The quantitative estimate of drug-likeness (QED) is 0.835. The van der Waals surface area contributed by atoms with E-state index in [1.54, 1.807) is 0 Å². The lowest BCUT2D eigenvalue weighted by atomic mass is 10.0. The van der Waals surface area contributed by atoms with E-state index >= 15 is 0 Å². The second-order valence-corrected chi connectivity index (χ2v) is 5.10. The van der Waals surface area contributed by atoms with E-state index < -0.39 is 0 Å². The van der Waals surface area contributed by atoms with Gasteiger partial charge >= 0.3 is 0 Å². The summed E-state index contributed by atoms with van der Waals surface area (Å²) in [6.45, 7) is 3.12. The minimum Gasteiger partial charge on any atom is -0.398 e. The van der Waals surface area contributed by atoms with Crippen molar-refractivity contribution in [1.29, 1.82) is 0 Å². The average molecular weight is 243 g/mol. The Morgan fingerprint density at radius 2 is 2.11 bits per heavy atom. The second-order valence-electron chi connectivity index (χ2n) is 5.10. The molecule has 0 atom stereocenters. The molecule has 94 valence electrons. The Balaban J connectivity index is 1.95. The number of nitrogens with two attached hydrogens (primary N) is 1. The number of tetrazole rings is 1. The van der Waals surface area contributed by atoms with Crippen molar-refractivity contribution in [3.63, 3.8) is 0 Å². The number of rotatable bonds is 4. The smallest absolute Gasteiger partial charge is 0.184 e. The third-order valence-electron chi connectivity index (χ3n) is 3.93. The summed E-state index contributed by atoms with van der Waals surface area (Å²) in [4.78, 5) is 0. The standard InChI is InChI=1S/C13H17N5/c1-2-13(7-8-13)9-18-12(15-16-17-18)10-5-3-4-6-11(10)14/h3-6H,2,7-9,14H2,1H3. The normalized spacial score (nSPS) is 16.7. The Kier molecular flexibility index (Phi) is 2.54. The summed E-state index contributed by atoms with van der Waals surface area (Å²) in [7, 11) is 0. The lowest BCUT2D eigenvalue weighted by molar-refractivity contribution is 0.382. The highest BCUT2D eigenvalue weighted by Gasteiger charge is 2.41. The SMILES string of the molecule is CCC1(Cn2nnnc2-c2ccccc2N)CC1. The molecule has 1 fully saturated rings. The minimum atomic E-state index is 0.410. The molecule has 0 aliphatic heterocycles. The van der Waals surface area contributed by atoms with Gasteiger partial charge in [0.1, 0.15) is 0 Å². The molecule has 5 heteroatoms. The first-order chi connectivity index (χ1) is 8.74. The molecule has 0 saturated heterocycles. The van der Waals surface area contributed by atoms with Gasteiger partial charge in [-0.2, -0.15) is 0 Å². The maximum absolute atomic E-state index is 5.98. The lowest BCUT2D eigenvalue weighted by Gasteiger charge is -2.13. The van der Waals surface area contributed by atoms with Crippen LogP contribution in [0.1, 0.15) is 26.2 Å². The van der Waals surface area contributed by atoms with Gasteiger partial charge in [0.05, 0.1) is 6.54 Å². The fraction of sp³-hybridized carbons (Fsp3) is 0.462. The highest BCUT2D eigenvalue weighted by molar-refractivity contribution is 5.70. The second kappa shape index (κ2) is 4.08. The molecule has 3 rings (SSSR count). The fourth-order valence-corrected chi connectivity index (χ4v) is 2.32. The van der Waals surface area contributed by atoms with E-state index in [9.17, 15) is 0 Å². The topological polar surface area (TPSA) is 69.6 Å². The number of aromatic nitrogens is 4. The van der Waals surface area contributed by atoms with E-state index in [-0.39, 0.29) is 0 Å². The Hall–Kier alpha value is -1.91. The van der Waals surface area contributed by atoms with Crippen LogP contribution in [-0.2, 0) is 6.54 Å². The zero-order valence-electron chi connectivity index (χ0n) is 10.5. The molecule has 5 nitrogen and oxygen atoms in total. The van der Waals surface area contributed by atoms with Gasteiger partial charge in [-0.25, -0.2) is 4.68 Å². The van der Waals surface area contributed by atoms with Gasteiger partial charge in [0.15, 0.2) is 5.82 Å². The van der Waals surface area contributed by atoms with E-state index in [4.69, 9.17) is 5.73 Å². The molecule has 1 saturated carbocycles.